The molecule has 1 aromatic heterocycles. The first kappa shape index (κ1) is 24.7. The molecule has 0 atom stereocenters. The first-order valence-electron chi connectivity index (χ1n) is 10.8. The van der Waals surface area contributed by atoms with Crippen LogP contribution >= 0.6 is 0 Å². The summed E-state index contributed by atoms with van der Waals surface area (Å²) in [7, 11) is 3.10. The molecule has 3 rings (SSSR count). The lowest BCUT2D eigenvalue weighted by atomic mass is 10.2. The first-order chi connectivity index (χ1) is 16.4. The second-order valence-electron chi connectivity index (χ2n) is 7.32. The van der Waals surface area contributed by atoms with E-state index in [1.54, 1.807) is 49.1 Å². The number of aromatic nitrogens is 2. The number of ether oxygens (including phenoxy) is 2. The Labute approximate surface area is 197 Å². The highest BCUT2D eigenvalue weighted by atomic mass is 19.1. The molecule has 0 saturated heterocycles. The highest BCUT2D eigenvalue weighted by Crippen LogP contribution is 2.25. The molecule has 0 aliphatic heterocycles. The maximum Gasteiger partial charge on any atom is 0.317 e. The van der Waals surface area contributed by atoms with Crippen LogP contribution in [0.1, 0.15) is 6.92 Å². The van der Waals surface area contributed by atoms with Crippen molar-refractivity contribution < 1.29 is 23.5 Å². The largest absolute Gasteiger partial charge is 0.497 e. The third kappa shape index (κ3) is 6.32. The van der Waals surface area contributed by atoms with Gasteiger partial charge in [0.2, 0.25) is 11.9 Å². The summed E-state index contributed by atoms with van der Waals surface area (Å²) in [6.45, 7) is 2.60. The van der Waals surface area contributed by atoms with Crippen molar-refractivity contribution in [2.24, 2.45) is 0 Å². The predicted molar refractivity (Wildman–Crippen MR) is 127 cm³/mol. The Morgan fingerprint density at radius 3 is 2.41 bits per heavy atom. The zero-order valence-electron chi connectivity index (χ0n) is 19.4. The van der Waals surface area contributed by atoms with Gasteiger partial charge in [0.15, 0.2) is 0 Å². The predicted octanol–water partition coefficient (Wildman–Crippen LogP) is 3.30. The quantitative estimate of drug-likeness (QED) is 0.475. The Morgan fingerprint density at radius 2 is 1.79 bits per heavy atom. The van der Waals surface area contributed by atoms with E-state index in [1.165, 1.54) is 24.1 Å². The van der Waals surface area contributed by atoms with Crippen LogP contribution in [0.3, 0.4) is 0 Å². The number of hydrogen-bond donors (Lipinski definition) is 2. The van der Waals surface area contributed by atoms with Gasteiger partial charge in [-0.3, -0.25) is 14.7 Å². The molecule has 2 aromatic carbocycles. The van der Waals surface area contributed by atoms with Crippen molar-refractivity contribution >= 4 is 17.9 Å². The third-order valence-corrected chi connectivity index (χ3v) is 4.96. The summed E-state index contributed by atoms with van der Waals surface area (Å²) < 4.78 is 25.4. The van der Waals surface area contributed by atoms with E-state index >= 15 is 0 Å². The summed E-state index contributed by atoms with van der Waals surface area (Å²) in [4.78, 5) is 31.1. The summed E-state index contributed by atoms with van der Waals surface area (Å²) in [5.74, 6) is 0.169. The molecule has 9 nitrogen and oxygen atoms in total. The molecule has 3 amide bonds. The van der Waals surface area contributed by atoms with E-state index in [4.69, 9.17) is 9.47 Å². The number of methoxy groups -OCH3 is 2. The fraction of sp³-hybridized carbons (Fsp3) is 0.292. The molecule has 0 aliphatic carbocycles. The lowest BCUT2D eigenvalue weighted by molar-refractivity contribution is -0.116. The van der Waals surface area contributed by atoms with E-state index in [2.05, 4.69) is 15.6 Å². The summed E-state index contributed by atoms with van der Waals surface area (Å²) in [6, 6.07) is 12.8. The van der Waals surface area contributed by atoms with E-state index in [-0.39, 0.29) is 30.9 Å². The van der Waals surface area contributed by atoms with Crippen molar-refractivity contribution in [3.63, 3.8) is 0 Å². The van der Waals surface area contributed by atoms with Crippen LogP contribution in [0.5, 0.6) is 5.75 Å². The molecular formula is C24H28FN5O4. The Balaban J connectivity index is 1.89. The number of hydrogen-bond acceptors (Lipinski definition) is 5. The van der Waals surface area contributed by atoms with Gasteiger partial charge in [-0.05, 0) is 55.5 Å². The molecule has 0 bridgehead atoms. The number of amides is 3. The van der Waals surface area contributed by atoms with Crippen molar-refractivity contribution in [3.8, 4) is 22.7 Å². The van der Waals surface area contributed by atoms with Crippen LogP contribution < -0.4 is 15.4 Å². The molecule has 2 N–H and O–H groups in total. The smallest absolute Gasteiger partial charge is 0.317 e. The number of anilines is 1. The number of rotatable bonds is 10. The van der Waals surface area contributed by atoms with Crippen LogP contribution in [0, 0.1) is 5.82 Å². The number of imidazole rings is 1. The number of urea groups is 1. The molecular weight excluding hydrogens is 441 g/mol. The normalized spacial score (nSPS) is 10.6. The molecule has 34 heavy (non-hydrogen) atoms. The SMILES string of the molecule is CCNC(=O)N(CCOC)CC(=O)Nc1nc(-c2ccc(F)cc2)cn1-c1ccc(OC)cc1. The van der Waals surface area contributed by atoms with E-state index in [9.17, 15) is 14.0 Å². The number of carbonyl (C=O) groups is 2. The Kier molecular flexibility index (Phi) is 8.58. The molecule has 0 aliphatic rings. The second kappa shape index (κ2) is 11.8. The Bertz CT molecular complexity index is 1100. The van der Waals surface area contributed by atoms with Crippen molar-refractivity contribution in [2.75, 3.05) is 45.8 Å². The van der Waals surface area contributed by atoms with Crippen LogP contribution in [-0.4, -0.2) is 66.9 Å². The number of carbonyl (C=O) groups excluding carboxylic acids is 2. The van der Waals surface area contributed by atoms with Gasteiger partial charge in [0.1, 0.15) is 18.1 Å². The fourth-order valence-corrected chi connectivity index (χ4v) is 3.22. The van der Waals surface area contributed by atoms with Gasteiger partial charge in [-0.1, -0.05) is 0 Å². The van der Waals surface area contributed by atoms with Gasteiger partial charge in [0.25, 0.3) is 0 Å². The minimum Gasteiger partial charge on any atom is -0.497 e. The summed E-state index contributed by atoms with van der Waals surface area (Å²) >= 11 is 0. The average Bonchev–Trinajstić information content (AvgIpc) is 3.25. The van der Waals surface area contributed by atoms with Crippen LogP contribution in [0.25, 0.3) is 16.9 Å². The average molecular weight is 470 g/mol. The number of benzene rings is 2. The van der Waals surface area contributed by atoms with Gasteiger partial charge in [0.05, 0.1) is 19.4 Å². The monoisotopic (exact) mass is 469 g/mol. The molecule has 10 heteroatoms. The lowest BCUT2D eigenvalue weighted by Gasteiger charge is -2.22. The summed E-state index contributed by atoms with van der Waals surface area (Å²) in [6.07, 6.45) is 1.75. The minimum atomic E-state index is -0.423. The lowest BCUT2D eigenvalue weighted by Crippen LogP contribution is -2.45. The Morgan fingerprint density at radius 1 is 1.09 bits per heavy atom. The standard InChI is InChI=1S/C24H28FN5O4/c1-4-26-24(32)29(13-14-33-2)16-22(31)28-23-27-21(17-5-7-18(25)8-6-17)15-30(23)19-9-11-20(34-3)12-10-19/h5-12,15H,4,13-14,16H2,1-3H3,(H,26,32)(H,27,28,31). The van der Waals surface area contributed by atoms with Crippen LogP contribution in [0.4, 0.5) is 15.1 Å². The molecule has 0 radical (unpaired) electrons. The van der Waals surface area contributed by atoms with Gasteiger partial charge < -0.3 is 19.7 Å². The molecule has 3 aromatic rings. The maximum absolute atomic E-state index is 13.4. The molecule has 1 heterocycles. The topological polar surface area (TPSA) is 97.7 Å². The van der Waals surface area contributed by atoms with E-state index in [0.29, 0.717) is 30.2 Å². The Hall–Kier alpha value is -3.92. The van der Waals surface area contributed by atoms with E-state index in [0.717, 1.165) is 5.69 Å². The van der Waals surface area contributed by atoms with Crippen molar-refractivity contribution in [2.45, 2.75) is 6.92 Å². The van der Waals surface area contributed by atoms with Gasteiger partial charge in [-0.25, -0.2) is 14.2 Å². The van der Waals surface area contributed by atoms with Crippen LogP contribution in [0.2, 0.25) is 0 Å². The maximum atomic E-state index is 13.4. The molecule has 0 unspecified atom stereocenters. The zero-order valence-corrected chi connectivity index (χ0v) is 19.4. The van der Waals surface area contributed by atoms with Gasteiger partial charge in [-0.2, -0.15) is 0 Å². The van der Waals surface area contributed by atoms with Gasteiger partial charge in [0, 0.05) is 37.6 Å². The van der Waals surface area contributed by atoms with E-state index in [1.807, 2.05) is 12.1 Å². The molecule has 0 saturated carbocycles. The van der Waals surface area contributed by atoms with Crippen LogP contribution in [-0.2, 0) is 9.53 Å². The van der Waals surface area contributed by atoms with E-state index < -0.39 is 5.91 Å². The molecule has 0 fully saturated rings. The fourth-order valence-electron chi connectivity index (χ4n) is 3.22. The summed E-state index contributed by atoms with van der Waals surface area (Å²) in [5, 5.41) is 5.48. The highest BCUT2D eigenvalue weighted by Gasteiger charge is 2.19. The number of nitrogens with zero attached hydrogens (tertiary/aromatic N) is 3. The zero-order chi connectivity index (χ0) is 24.5. The number of halogens is 1. The molecule has 0 spiro atoms. The second-order valence-corrected chi connectivity index (χ2v) is 7.32. The third-order valence-electron chi connectivity index (χ3n) is 4.96. The first-order valence-corrected chi connectivity index (χ1v) is 10.8. The highest BCUT2D eigenvalue weighted by molar-refractivity contribution is 5.93. The minimum absolute atomic E-state index is 0.184. The summed E-state index contributed by atoms with van der Waals surface area (Å²) in [5.41, 5.74) is 1.97. The number of nitrogens with one attached hydrogen (secondary N) is 2. The van der Waals surface area contributed by atoms with Crippen molar-refractivity contribution in [3.05, 3.63) is 60.5 Å². The van der Waals surface area contributed by atoms with Crippen molar-refractivity contribution in [1.29, 1.82) is 0 Å². The molecule has 180 valence electrons. The van der Waals surface area contributed by atoms with Gasteiger partial charge in [-0.15, -0.1) is 0 Å². The van der Waals surface area contributed by atoms with Crippen molar-refractivity contribution in [1.82, 2.24) is 19.8 Å². The van der Waals surface area contributed by atoms with Gasteiger partial charge >= 0.3 is 6.03 Å². The van der Waals surface area contributed by atoms with Crippen LogP contribution in [0.15, 0.2) is 54.7 Å².